The van der Waals surface area contributed by atoms with Gasteiger partial charge in [0.25, 0.3) is 0 Å². The Kier molecular flexibility index (Phi) is 4.53. The van der Waals surface area contributed by atoms with Crippen LogP contribution in [0.5, 0.6) is 0 Å². The van der Waals surface area contributed by atoms with Crippen molar-refractivity contribution < 1.29 is 9.15 Å². The van der Waals surface area contributed by atoms with E-state index in [1.807, 2.05) is 17.6 Å². The Bertz CT molecular complexity index is 599. The highest BCUT2D eigenvalue weighted by Gasteiger charge is 2.41. The van der Waals surface area contributed by atoms with Gasteiger partial charge >= 0.3 is 0 Å². The van der Waals surface area contributed by atoms with Crippen molar-refractivity contribution in [2.75, 3.05) is 39.4 Å². The Morgan fingerprint density at radius 2 is 2.04 bits per heavy atom. The highest BCUT2D eigenvalue weighted by atomic mass is 32.1. The standard InChI is InChI=1S/C18H24N2O2S/c1-2-17(23-9-1)11-19-5-4-18(13-19)14-20(6-8-22-15-18)10-16-3-7-21-12-16/h1-3,7,9,12H,4-6,8,10-11,13-15H2/t18-/m0/s1. The molecule has 0 bridgehead atoms. The van der Waals surface area contributed by atoms with Crippen molar-refractivity contribution in [1.29, 1.82) is 0 Å². The fourth-order valence-corrected chi connectivity index (χ4v) is 4.64. The molecule has 124 valence electrons. The van der Waals surface area contributed by atoms with Crippen LogP contribution in [0.2, 0.25) is 0 Å². The fraction of sp³-hybridized carbons (Fsp3) is 0.556. The van der Waals surface area contributed by atoms with Gasteiger partial charge in [0.1, 0.15) is 0 Å². The molecule has 0 saturated carbocycles. The van der Waals surface area contributed by atoms with Crippen LogP contribution in [-0.2, 0) is 17.8 Å². The van der Waals surface area contributed by atoms with E-state index >= 15 is 0 Å². The summed E-state index contributed by atoms with van der Waals surface area (Å²) in [5, 5.41) is 2.17. The van der Waals surface area contributed by atoms with E-state index in [4.69, 9.17) is 9.15 Å². The number of likely N-dealkylation sites (tertiary alicyclic amines) is 1. The summed E-state index contributed by atoms with van der Waals surface area (Å²) in [6, 6.07) is 6.45. The van der Waals surface area contributed by atoms with E-state index in [0.717, 1.165) is 45.9 Å². The van der Waals surface area contributed by atoms with Crippen LogP contribution in [0, 0.1) is 5.41 Å². The van der Waals surface area contributed by atoms with E-state index in [1.54, 1.807) is 6.26 Å². The van der Waals surface area contributed by atoms with Crippen molar-refractivity contribution in [3.8, 4) is 0 Å². The van der Waals surface area contributed by atoms with Gasteiger partial charge in [0.05, 0.1) is 25.7 Å². The lowest BCUT2D eigenvalue weighted by atomic mass is 9.87. The molecule has 1 spiro atoms. The molecule has 5 heteroatoms. The SMILES string of the molecule is c1csc(CN2CC[C@]3(COCCN(Cc4ccoc4)C3)C2)c1. The molecule has 2 aromatic heterocycles. The number of nitrogens with zero attached hydrogens (tertiary/aromatic N) is 2. The van der Waals surface area contributed by atoms with Gasteiger partial charge in [0, 0.05) is 48.6 Å². The minimum atomic E-state index is 0.289. The Hall–Kier alpha value is -1.14. The molecule has 0 amide bonds. The lowest BCUT2D eigenvalue weighted by molar-refractivity contribution is 0.0707. The molecule has 0 radical (unpaired) electrons. The normalized spacial score (nSPS) is 26.8. The quantitative estimate of drug-likeness (QED) is 0.860. The van der Waals surface area contributed by atoms with E-state index in [2.05, 4.69) is 33.4 Å². The minimum absolute atomic E-state index is 0.289. The molecule has 0 aromatic carbocycles. The highest BCUT2D eigenvalue weighted by molar-refractivity contribution is 7.09. The third-order valence-electron chi connectivity index (χ3n) is 4.98. The van der Waals surface area contributed by atoms with E-state index in [9.17, 15) is 0 Å². The first-order chi connectivity index (χ1) is 11.3. The topological polar surface area (TPSA) is 28.9 Å². The second-order valence-corrected chi connectivity index (χ2v) is 7.97. The van der Waals surface area contributed by atoms with Crippen molar-refractivity contribution in [2.45, 2.75) is 19.5 Å². The third kappa shape index (κ3) is 3.69. The molecule has 2 aliphatic heterocycles. The van der Waals surface area contributed by atoms with E-state index < -0.39 is 0 Å². The van der Waals surface area contributed by atoms with Crippen molar-refractivity contribution in [3.63, 3.8) is 0 Å². The maximum absolute atomic E-state index is 5.98. The Morgan fingerprint density at radius 3 is 2.83 bits per heavy atom. The summed E-state index contributed by atoms with van der Waals surface area (Å²) in [5.74, 6) is 0. The average Bonchev–Trinajstić information content (AvgIpc) is 3.25. The van der Waals surface area contributed by atoms with Gasteiger partial charge in [-0.1, -0.05) is 6.07 Å². The zero-order valence-corrected chi connectivity index (χ0v) is 14.3. The Morgan fingerprint density at radius 1 is 1.13 bits per heavy atom. The molecule has 23 heavy (non-hydrogen) atoms. The molecular weight excluding hydrogens is 308 g/mol. The summed E-state index contributed by atoms with van der Waals surface area (Å²) in [7, 11) is 0. The van der Waals surface area contributed by atoms with Crippen LogP contribution in [0.15, 0.2) is 40.5 Å². The van der Waals surface area contributed by atoms with Gasteiger partial charge in [-0.15, -0.1) is 11.3 Å². The van der Waals surface area contributed by atoms with Gasteiger partial charge in [0.2, 0.25) is 0 Å². The van der Waals surface area contributed by atoms with Crippen LogP contribution in [0.3, 0.4) is 0 Å². The number of hydrogen-bond donors (Lipinski definition) is 0. The van der Waals surface area contributed by atoms with Crippen LogP contribution in [0.25, 0.3) is 0 Å². The van der Waals surface area contributed by atoms with Crippen molar-refractivity contribution in [1.82, 2.24) is 9.80 Å². The summed E-state index contributed by atoms with van der Waals surface area (Å²) < 4.78 is 11.2. The van der Waals surface area contributed by atoms with E-state index in [-0.39, 0.29) is 5.41 Å². The first kappa shape index (κ1) is 15.4. The fourth-order valence-electron chi connectivity index (χ4n) is 3.89. The van der Waals surface area contributed by atoms with Gasteiger partial charge in [0.15, 0.2) is 0 Å². The van der Waals surface area contributed by atoms with Gasteiger partial charge in [-0.2, -0.15) is 0 Å². The second-order valence-electron chi connectivity index (χ2n) is 6.93. The van der Waals surface area contributed by atoms with Crippen molar-refractivity contribution >= 4 is 11.3 Å². The Labute approximate surface area is 141 Å². The first-order valence-electron chi connectivity index (χ1n) is 8.37. The number of furan rings is 1. The summed E-state index contributed by atoms with van der Waals surface area (Å²) in [6.45, 7) is 8.25. The molecule has 2 aromatic rings. The van der Waals surface area contributed by atoms with Gasteiger partial charge in [-0.25, -0.2) is 0 Å². The highest BCUT2D eigenvalue weighted by Crippen LogP contribution is 2.35. The molecule has 0 unspecified atom stereocenters. The van der Waals surface area contributed by atoms with E-state index in [1.165, 1.54) is 23.4 Å². The van der Waals surface area contributed by atoms with E-state index in [0.29, 0.717) is 0 Å². The molecule has 0 N–H and O–H groups in total. The van der Waals surface area contributed by atoms with Crippen LogP contribution in [0.4, 0.5) is 0 Å². The van der Waals surface area contributed by atoms with Crippen LogP contribution in [0.1, 0.15) is 16.9 Å². The number of hydrogen-bond acceptors (Lipinski definition) is 5. The van der Waals surface area contributed by atoms with Gasteiger partial charge in [-0.05, 0) is 30.5 Å². The molecule has 2 aliphatic rings. The molecule has 1 atom stereocenters. The number of ether oxygens (including phenoxy) is 1. The minimum Gasteiger partial charge on any atom is -0.472 e. The predicted octanol–water partition coefficient (Wildman–Crippen LogP) is 3.07. The van der Waals surface area contributed by atoms with Crippen molar-refractivity contribution in [3.05, 3.63) is 46.5 Å². The predicted molar refractivity (Wildman–Crippen MR) is 91.5 cm³/mol. The van der Waals surface area contributed by atoms with Gasteiger partial charge < -0.3 is 9.15 Å². The molecule has 0 aliphatic carbocycles. The van der Waals surface area contributed by atoms with Crippen molar-refractivity contribution in [2.24, 2.45) is 5.41 Å². The zero-order valence-electron chi connectivity index (χ0n) is 13.4. The summed E-state index contributed by atoms with van der Waals surface area (Å²) >= 11 is 1.86. The first-order valence-corrected chi connectivity index (χ1v) is 9.25. The average molecular weight is 332 g/mol. The summed E-state index contributed by atoms with van der Waals surface area (Å²) in [6.07, 6.45) is 4.86. The largest absolute Gasteiger partial charge is 0.472 e. The lowest BCUT2D eigenvalue weighted by Crippen LogP contribution is -2.40. The van der Waals surface area contributed by atoms with Crippen LogP contribution < -0.4 is 0 Å². The molecule has 4 rings (SSSR count). The second kappa shape index (κ2) is 6.77. The third-order valence-corrected chi connectivity index (χ3v) is 5.84. The Balaban J connectivity index is 1.40. The number of thiophene rings is 1. The number of rotatable bonds is 4. The molecular formula is C18H24N2O2S. The molecule has 4 heterocycles. The maximum Gasteiger partial charge on any atom is 0.0947 e. The molecule has 2 saturated heterocycles. The zero-order chi connectivity index (χ0) is 15.5. The maximum atomic E-state index is 5.98. The lowest BCUT2D eigenvalue weighted by Gasteiger charge is -2.31. The monoisotopic (exact) mass is 332 g/mol. The van der Waals surface area contributed by atoms with Gasteiger partial charge in [-0.3, -0.25) is 9.80 Å². The van der Waals surface area contributed by atoms with Crippen LogP contribution >= 0.6 is 11.3 Å². The molecule has 4 nitrogen and oxygen atoms in total. The summed E-state index contributed by atoms with van der Waals surface area (Å²) in [4.78, 5) is 6.59. The smallest absolute Gasteiger partial charge is 0.0947 e. The van der Waals surface area contributed by atoms with Crippen LogP contribution in [-0.4, -0.2) is 49.2 Å². The summed E-state index contributed by atoms with van der Waals surface area (Å²) in [5.41, 5.74) is 1.55. The molecule has 2 fully saturated rings.